The molecule has 0 radical (unpaired) electrons. The summed E-state index contributed by atoms with van der Waals surface area (Å²) in [5.74, 6) is -1.65. The number of esters is 1. The Kier molecular flexibility index (Phi) is 5.70. The van der Waals surface area contributed by atoms with Crippen molar-refractivity contribution in [3.05, 3.63) is 57.6 Å². The van der Waals surface area contributed by atoms with Crippen molar-refractivity contribution in [1.29, 1.82) is 0 Å². The Labute approximate surface area is 149 Å². The summed E-state index contributed by atoms with van der Waals surface area (Å²) in [6.07, 6.45) is -1.06. The van der Waals surface area contributed by atoms with Gasteiger partial charge in [0.05, 0.1) is 0 Å². The van der Waals surface area contributed by atoms with E-state index in [2.05, 4.69) is 5.32 Å². The first kappa shape index (κ1) is 18.1. The molecule has 24 heavy (non-hydrogen) atoms. The number of amides is 1. The molecule has 2 N–H and O–H groups in total. The normalized spacial score (nSPS) is 11.7. The summed E-state index contributed by atoms with van der Waals surface area (Å²) in [6.45, 7) is 3.19. The number of anilines is 1. The van der Waals surface area contributed by atoms with E-state index in [9.17, 15) is 14.7 Å². The van der Waals surface area contributed by atoms with E-state index in [4.69, 9.17) is 27.9 Å². The molecule has 0 spiro atoms. The van der Waals surface area contributed by atoms with Gasteiger partial charge in [0.25, 0.3) is 5.91 Å². The Morgan fingerprint density at radius 3 is 2.58 bits per heavy atom. The van der Waals surface area contributed by atoms with Gasteiger partial charge in [-0.25, -0.2) is 4.79 Å². The van der Waals surface area contributed by atoms with Crippen molar-refractivity contribution >= 4 is 40.8 Å². The lowest BCUT2D eigenvalue weighted by atomic mass is 10.2. The van der Waals surface area contributed by atoms with Gasteiger partial charge in [0.15, 0.2) is 6.10 Å². The van der Waals surface area contributed by atoms with Crippen LogP contribution in [0.2, 0.25) is 10.0 Å². The molecule has 1 amide bonds. The third kappa shape index (κ3) is 4.19. The topological polar surface area (TPSA) is 75.6 Å². The molecule has 126 valence electrons. The van der Waals surface area contributed by atoms with Gasteiger partial charge in [-0.05, 0) is 49.7 Å². The number of rotatable bonds is 4. The maximum absolute atomic E-state index is 12.2. The standard InChI is InChI=1S/C17H15Cl2NO4/c1-9-13(19)4-3-5-14(9)20-16(22)10(2)24-17(23)12-7-6-11(18)8-15(12)21/h3-8,10,21H,1-2H3,(H,20,22)/t10-/m0/s1. The van der Waals surface area contributed by atoms with Crippen LogP contribution in [0.4, 0.5) is 5.69 Å². The van der Waals surface area contributed by atoms with Crippen LogP contribution < -0.4 is 5.32 Å². The van der Waals surface area contributed by atoms with Crippen LogP contribution in [-0.2, 0) is 9.53 Å². The molecule has 0 saturated carbocycles. The van der Waals surface area contributed by atoms with E-state index in [0.717, 1.165) is 0 Å². The zero-order chi connectivity index (χ0) is 17.9. The van der Waals surface area contributed by atoms with Crippen LogP contribution in [0, 0.1) is 6.92 Å². The van der Waals surface area contributed by atoms with Gasteiger partial charge in [0.1, 0.15) is 11.3 Å². The molecule has 0 aliphatic rings. The van der Waals surface area contributed by atoms with Gasteiger partial charge in [0.2, 0.25) is 0 Å². The molecular formula is C17H15Cl2NO4. The summed E-state index contributed by atoms with van der Waals surface area (Å²) in [6, 6.07) is 9.09. The Bertz CT molecular complexity index is 792. The molecule has 0 aromatic heterocycles. The Balaban J connectivity index is 2.06. The highest BCUT2D eigenvalue weighted by Gasteiger charge is 2.21. The van der Waals surface area contributed by atoms with E-state index in [1.54, 1.807) is 25.1 Å². The first-order valence-corrected chi connectivity index (χ1v) is 7.80. The van der Waals surface area contributed by atoms with Crippen LogP contribution >= 0.6 is 23.2 Å². The van der Waals surface area contributed by atoms with Crippen LogP contribution in [-0.4, -0.2) is 23.1 Å². The lowest BCUT2D eigenvalue weighted by Crippen LogP contribution is -2.30. The van der Waals surface area contributed by atoms with Crippen LogP contribution in [0.1, 0.15) is 22.8 Å². The Morgan fingerprint density at radius 1 is 1.21 bits per heavy atom. The Hall–Kier alpha value is -2.24. The molecule has 0 heterocycles. The molecule has 2 aromatic carbocycles. The minimum absolute atomic E-state index is 0.0713. The predicted molar refractivity (Wildman–Crippen MR) is 92.8 cm³/mol. The maximum Gasteiger partial charge on any atom is 0.342 e. The fourth-order valence-electron chi connectivity index (χ4n) is 1.93. The van der Waals surface area contributed by atoms with Gasteiger partial charge in [-0.3, -0.25) is 4.79 Å². The number of carbonyl (C=O) groups excluding carboxylic acids is 2. The SMILES string of the molecule is Cc1c(Cl)cccc1NC(=O)[C@H](C)OC(=O)c1ccc(Cl)cc1O. The van der Waals surface area contributed by atoms with Crippen LogP contribution in [0.15, 0.2) is 36.4 Å². The first-order valence-electron chi connectivity index (χ1n) is 7.05. The number of phenolic OH excluding ortho intramolecular Hbond substituents is 1. The molecule has 0 unspecified atom stereocenters. The summed E-state index contributed by atoms with van der Waals surface area (Å²) in [7, 11) is 0. The number of carbonyl (C=O) groups is 2. The number of halogens is 2. The highest BCUT2D eigenvalue weighted by molar-refractivity contribution is 6.31. The molecule has 2 rings (SSSR count). The molecule has 0 aliphatic heterocycles. The Morgan fingerprint density at radius 2 is 1.92 bits per heavy atom. The smallest absolute Gasteiger partial charge is 0.342 e. The summed E-state index contributed by atoms with van der Waals surface area (Å²) in [5, 5.41) is 13.2. The second kappa shape index (κ2) is 7.55. The fourth-order valence-corrected chi connectivity index (χ4v) is 2.27. The molecule has 0 bridgehead atoms. The molecule has 0 saturated heterocycles. The number of hydrogen-bond donors (Lipinski definition) is 2. The number of ether oxygens (including phenoxy) is 1. The third-order valence-corrected chi connectivity index (χ3v) is 4.00. The second-order valence-corrected chi connectivity index (χ2v) is 5.95. The number of nitrogens with one attached hydrogen (secondary N) is 1. The average molecular weight is 368 g/mol. The van der Waals surface area contributed by atoms with Crippen LogP contribution in [0.5, 0.6) is 5.75 Å². The summed E-state index contributed by atoms with van der Waals surface area (Å²) >= 11 is 11.7. The molecule has 5 nitrogen and oxygen atoms in total. The van der Waals surface area contributed by atoms with E-state index in [0.29, 0.717) is 16.3 Å². The molecular weight excluding hydrogens is 353 g/mol. The zero-order valence-electron chi connectivity index (χ0n) is 13.0. The van der Waals surface area contributed by atoms with Gasteiger partial charge < -0.3 is 15.2 Å². The van der Waals surface area contributed by atoms with Crippen molar-refractivity contribution in [1.82, 2.24) is 0 Å². The largest absolute Gasteiger partial charge is 0.507 e. The summed E-state index contributed by atoms with van der Waals surface area (Å²) in [4.78, 5) is 24.2. The average Bonchev–Trinajstić information content (AvgIpc) is 2.51. The minimum atomic E-state index is -1.06. The predicted octanol–water partition coefficient (Wildman–Crippen LogP) is 4.19. The number of aromatic hydroxyl groups is 1. The van der Waals surface area contributed by atoms with Gasteiger partial charge >= 0.3 is 5.97 Å². The quantitative estimate of drug-likeness (QED) is 0.794. The highest BCUT2D eigenvalue weighted by atomic mass is 35.5. The number of phenols is 1. The molecule has 7 heteroatoms. The van der Waals surface area contributed by atoms with E-state index < -0.39 is 18.0 Å². The van der Waals surface area contributed by atoms with E-state index in [1.807, 2.05) is 0 Å². The molecule has 2 aromatic rings. The van der Waals surface area contributed by atoms with Crippen LogP contribution in [0.3, 0.4) is 0 Å². The van der Waals surface area contributed by atoms with Crippen molar-refractivity contribution in [2.75, 3.05) is 5.32 Å². The van der Waals surface area contributed by atoms with E-state index >= 15 is 0 Å². The van der Waals surface area contributed by atoms with E-state index in [-0.39, 0.29) is 16.3 Å². The zero-order valence-corrected chi connectivity index (χ0v) is 14.5. The fraction of sp³-hybridized carbons (Fsp3) is 0.176. The monoisotopic (exact) mass is 367 g/mol. The van der Waals surface area contributed by atoms with Gasteiger partial charge in [-0.15, -0.1) is 0 Å². The van der Waals surface area contributed by atoms with Gasteiger partial charge in [0, 0.05) is 15.7 Å². The van der Waals surface area contributed by atoms with Crippen molar-refractivity contribution in [3.8, 4) is 5.75 Å². The lowest BCUT2D eigenvalue weighted by molar-refractivity contribution is -0.123. The van der Waals surface area contributed by atoms with Gasteiger partial charge in [-0.2, -0.15) is 0 Å². The second-order valence-electron chi connectivity index (χ2n) is 5.11. The lowest BCUT2D eigenvalue weighted by Gasteiger charge is -2.15. The molecule has 1 atom stereocenters. The van der Waals surface area contributed by atoms with Crippen molar-refractivity contribution in [3.63, 3.8) is 0 Å². The third-order valence-electron chi connectivity index (χ3n) is 3.36. The summed E-state index contributed by atoms with van der Waals surface area (Å²) < 4.78 is 5.07. The molecule has 0 fully saturated rings. The summed E-state index contributed by atoms with van der Waals surface area (Å²) in [5.41, 5.74) is 1.17. The van der Waals surface area contributed by atoms with Gasteiger partial charge in [-0.1, -0.05) is 29.3 Å². The van der Waals surface area contributed by atoms with Crippen molar-refractivity contribution in [2.24, 2.45) is 0 Å². The van der Waals surface area contributed by atoms with Crippen molar-refractivity contribution in [2.45, 2.75) is 20.0 Å². The van der Waals surface area contributed by atoms with Crippen LogP contribution in [0.25, 0.3) is 0 Å². The molecule has 0 aliphatic carbocycles. The maximum atomic E-state index is 12.2. The first-order chi connectivity index (χ1) is 11.3. The van der Waals surface area contributed by atoms with Crippen molar-refractivity contribution < 1.29 is 19.4 Å². The number of hydrogen-bond acceptors (Lipinski definition) is 4. The number of benzene rings is 2. The van der Waals surface area contributed by atoms with E-state index in [1.165, 1.54) is 25.1 Å². The minimum Gasteiger partial charge on any atom is -0.507 e. The highest BCUT2D eigenvalue weighted by Crippen LogP contribution is 2.24.